The van der Waals surface area contributed by atoms with Gasteiger partial charge in [0.1, 0.15) is 5.82 Å². The molecule has 0 aliphatic carbocycles. The molecular weight excluding hydrogens is 222 g/mol. The number of benzene rings is 1. The lowest BCUT2D eigenvalue weighted by atomic mass is 10.1. The molecule has 0 fully saturated rings. The smallest absolute Gasteiger partial charge is 0.139 e. The van der Waals surface area contributed by atoms with Gasteiger partial charge in [-0.2, -0.15) is 0 Å². The van der Waals surface area contributed by atoms with E-state index < -0.39 is 0 Å². The lowest BCUT2D eigenvalue weighted by molar-refractivity contribution is 0.598. The number of imidazole rings is 1. The largest absolute Gasteiger partial charge is 0.331 e. The molecule has 3 heteroatoms. The molecule has 0 amide bonds. The van der Waals surface area contributed by atoms with Crippen molar-refractivity contribution in [1.29, 1.82) is 0 Å². The molecule has 3 nitrogen and oxygen atoms in total. The lowest BCUT2D eigenvalue weighted by Gasteiger charge is -2.13. The number of aromatic nitrogens is 2. The van der Waals surface area contributed by atoms with Crippen LogP contribution in [0.3, 0.4) is 0 Å². The molecule has 0 spiro atoms. The highest BCUT2D eigenvalue weighted by Crippen LogP contribution is 2.20. The lowest BCUT2D eigenvalue weighted by Crippen LogP contribution is -2.17. The molecule has 1 aromatic carbocycles. The quantitative estimate of drug-likeness (QED) is 0.873. The maximum Gasteiger partial charge on any atom is 0.139 e. The van der Waals surface area contributed by atoms with E-state index in [0.29, 0.717) is 6.04 Å². The van der Waals surface area contributed by atoms with E-state index in [0.717, 1.165) is 18.9 Å². The first-order chi connectivity index (χ1) is 8.76. The highest BCUT2D eigenvalue weighted by atomic mass is 15.1. The second kappa shape index (κ2) is 5.83. The Bertz CT molecular complexity index is 485. The standard InChI is InChI=1S/C15H21N3/c1-4-16-12(3)13-6-8-14(9-7-13)15-17-10-11-18(15)5-2/h6-12,16H,4-5H2,1-3H3. The minimum absolute atomic E-state index is 0.398. The van der Waals surface area contributed by atoms with E-state index in [1.165, 1.54) is 11.1 Å². The molecule has 0 saturated heterocycles. The predicted molar refractivity (Wildman–Crippen MR) is 75.4 cm³/mol. The number of hydrogen-bond acceptors (Lipinski definition) is 2. The zero-order valence-electron chi connectivity index (χ0n) is 11.4. The van der Waals surface area contributed by atoms with Crippen LogP contribution in [0.5, 0.6) is 0 Å². The van der Waals surface area contributed by atoms with Gasteiger partial charge >= 0.3 is 0 Å². The van der Waals surface area contributed by atoms with Crippen LogP contribution in [0.15, 0.2) is 36.7 Å². The van der Waals surface area contributed by atoms with Gasteiger partial charge in [0, 0.05) is 30.5 Å². The molecule has 0 bridgehead atoms. The summed E-state index contributed by atoms with van der Waals surface area (Å²) in [5.41, 5.74) is 2.49. The SMILES string of the molecule is CCNC(C)c1ccc(-c2nccn2CC)cc1. The Balaban J connectivity index is 2.22. The number of hydrogen-bond donors (Lipinski definition) is 1. The molecule has 1 unspecified atom stereocenters. The van der Waals surface area contributed by atoms with Gasteiger partial charge in [-0.25, -0.2) is 4.98 Å². The van der Waals surface area contributed by atoms with E-state index in [-0.39, 0.29) is 0 Å². The Kier molecular flexibility index (Phi) is 4.15. The van der Waals surface area contributed by atoms with Crippen LogP contribution < -0.4 is 5.32 Å². The first kappa shape index (κ1) is 12.8. The average molecular weight is 243 g/mol. The molecule has 0 aliphatic heterocycles. The maximum atomic E-state index is 4.42. The van der Waals surface area contributed by atoms with E-state index in [1.54, 1.807) is 0 Å². The molecule has 0 saturated carbocycles. The Hall–Kier alpha value is -1.61. The van der Waals surface area contributed by atoms with Gasteiger partial charge < -0.3 is 9.88 Å². The fraction of sp³-hybridized carbons (Fsp3) is 0.400. The van der Waals surface area contributed by atoms with Gasteiger partial charge in [0.25, 0.3) is 0 Å². The van der Waals surface area contributed by atoms with Crippen LogP contribution in [-0.2, 0) is 6.54 Å². The fourth-order valence-electron chi connectivity index (χ4n) is 2.17. The van der Waals surface area contributed by atoms with Crippen LogP contribution in [0.25, 0.3) is 11.4 Å². The van der Waals surface area contributed by atoms with Crippen molar-refractivity contribution < 1.29 is 0 Å². The first-order valence-electron chi connectivity index (χ1n) is 6.61. The van der Waals surface area contributed by atoms with Crippen molar-refractivity contribution >= 4 is 0 Å². The zero-order chi connectivity index (χ0) is 13.0. The van der Waals surface area contributed by atoms with E-state index in [4.69, 9.17) is 0 Å². The molecule has 2 aromatic rings. The van der Waals surface area contributed by atoms with Gasteiger partial charge in [0.15, 0.2) is 0 Å². The van der Waals surface area contributed by atoms with Crippen molar-refractivity contribution in [2.45, 2.75) is 33.4 Å². The van der Waals surface area contributed by atoms with Crippen molar-refractivity contribution in [2.75, 3.05) is 6.54 Å². The van der Waals surface area contributed by atoms with Gasteiger partial charge in [-0.15, -0.1) is 0 Å². The van der Waals surface area contributed by atoms with Crippen molar-refractivity contribution in [3.05, 3.63) is 42.2 Å². The summed E-state index contributed by atoms with van der Waals surface area (Å²) < 4.78 is 2.16. The fourth-order valence-corrected chi connectivity index (χ4v) is 2.17. The van der Waals surface area contributed by atoms with Crippen LogP contribution >= 0.6 is 0 Å². The molecule has 0 aliphatic rings. The third-order valence-electron chi connectivity index (χ3n) is 3.24. The topological polar surface area (TPSA) is 29.9 Å². The average Bonchev–Trinajstić information content (AvgIpc) is 2.87. The van der Waals surface area contributed by atoms with E-state index >= 15 is 0 Å². The molecular formula is C15H21N3. The summed E-state index contributed by atoms with van der Waals surface area (Å²) in [7, 11) is 0. The maximum absolute atomic E-state index is 4.42. The van der Waals surface area contributed by atoms with Crippen molar-refractivity contribution in [3.8, 4) is 11.4 Å². The van der Waals surface area contributed by atoms with Crippen molar-refractivity contribution in [3.63, 3.8) is 0 Å². The molecule has 1 heterocycles. The molecule has 1 aromatic heterocycles. The van der Waals surface area contributed by atoms with Crippen LogP contribution in [0, 0.1) is 0 Å². The van der Waals surface area contributed by atoms with Gasteiger partial charge in [-0.05, 0) is 26.0 Å². The summed E-state index contributed by atoms with van der Waals surface area (Å²) in [6, 6.07) is 9.05. The summed E-state index contributed by atoms with van der Waals surface area (Å²) in [6.07, 6.45) is 3.87. The van der Waals surface area contributed by atoms with Gasteiger partial charge in [-0.1, -0.05) is 31.2 Å². The molecule has 0 radical (unpaired) electrons. The summed E-state index contributed by atoms with van der Waals surface area (Å²) in [5.74, 6) is 1.04. The minimum atomic E-state index is 0.398. The van der Waals surface area contributed by atoms with Gasteiger partial charge in [0.05, 0.1) is 0 Å². The Morgan fingerprint density at radius 3 is 2.56 bits per heavy atom. The Morgan fingerprint density at radius 1 is 1.22 bits per heavy atom. The van der Waals surface area contributed by atoms with Crippen LogP contribution in [0.2, 0.25) is 0 Å². The van der Waals surface area contributed by atoms with Crippen molar-refractivity contribution in [1.82, 2.24) is 14.9 Å². The number of rotatable bonds is 5. The van der Waals surface area contributed by atoms with E-state index in [9.17, 15) is 0 Å². The Morgan fingerprint density at radius 2 is 1.94 bits per heavy atom. The summed E-state index contributed by atoms with van der Waals surface area (Å²) in [5, 5.41) is 3.42. The normalized spacial score (nSPS) is 12.6. The van der Waals surface area contributed by atoms with Crippen LogP contribution in [-0.4, -0.2) is 16.1 Å². The molecule has 96 valence electrons. The molecule has 1 N–H and O–H groups in total. The predicted octanol–water partition coefficient (Wildman–Crippen LogP) is 3.24. The van der Waals surface area contributed by atoms with Crippen molar-refractivity contribution in [2.24, 2.45) is 0 Å². The number of nitrogens with zero attached hydrogens (tertiary/aromatic N) is 2. The molecule has 2 rings (SSSR count). The summed E-state index contributed by atoms with van der Waals surface area (Å²) >= 11 is 0. The third kappa shape index (κ3) is 2.62. The minimum Gasteiger partial charge on any atom is -0.331 e. The monoisotopic (exact) mass is 243 g/mol. The highest BCUT2D eigenvalue weighted by Gasteiger charge is 2.07. The van der Waals surface area contributed by atoms with E-state index in [2.05, 4.69) is 59.9 Å². The summed E-state index contributed by atoms with van der Waals surface area (Å²) in [4.78, 5) is 4.42. The third-order valence-corrected chi connectivity index (χ3v) is 3.24. The van der Waals surface area contributed by atoms with Gasteiger partial charge in [0.2, 0.25) is 0 Å². The number of nitrogens with one attached hydrogen (secondary N) is 1. The highest BCUT2D eigenvalue weighted by molar-refractivity contribution is 5.56. The Labute approximate surface area is 109 Å². The molecule has 18 heavy (non-hydrogen) atoms. The molecule has 1 atom stereocenters. The second-order valence-electron chi connectivity index (χ2n) is 4.44. The van der Waals surface area contributed by atoms with E-state index in [1.807, 2.05) is 12.4 Å². The van der Waals surface area contributed by atoms with Gasteiger partial charge in [-0.3, -0.25) is 0 Å². The van der Waals surface area contributed by atoms with Crippen LogP contribution in [0.1, 0.15) is 32.4 Å². The zero-order valence-corrected chi connectivity index (χ0v) is 11.4. The second-order valence-corrected chi connectivity index (χ2v) is 4.44. The summed E-state index contributed by atoms with van der Waals surface area (Å²) in [6.45, 7) is 8.38. The van der Waals surface area contributed by atoms with Crippen LogP contribution in [0.4, 0.5) is 0 Å². The number of aryl methyl sites for hydroxylation is 1. The first-order valence-corrected chi connectivity index (χ1v) is 6.61.